The van der Waals surface area contributed by atoms with Crippen LogP contribution in [0.3, 0.4) is 0 Å². The van der Waals surface area contributed by atoms with E-state index in [0.29, 0.717) is 22.8 Å². The van der Waals surface area contributed by atoms with Crippen LogP contribution >= 0.6 is 0 Å². The molecular formula is C19H25N7O6S. The largest absolute Gasteiger partial charge is 0.370 e. The van der Waals surface area contributed by atoms with E-state index in [1.165, 1.54) is 0 Å². The molecule has 33 heavy (non-hydrogen) atoms. The van der Waals surface area contributed by atoms with Crippen molar-refractivity contribution in [1.29, 1.82) is 0 Å². The second kappa shape index (κ2) is 11.6. The molecule has 1 unspecified atom stereocenters. The number of benzene rings is 1. The summed E-state index contributed by atoms with van der Waals surface area (Å²) in [5, 5.41) is 2.39. The second-order valence-corrected chi connectivity index (χ2v) is 8.73. The first-order valence-electron chi connectivity index (χ1n) is 9.78. The Hall–Kier alpha value is -3.94. The van der Waals surface area contributed by atoms with Crippen molar-refractivity contribution in [2.24, 2.45) is 16.5 Å². The Kier molecular flexibility index (Phi) is 8.91. The van der Waals surface area contributed by atoms with Crippen LogP contribution in [0.15, 0.2) is 51.1 Å². The van der Waals surface area contributed by atoms with Gasteiger partial charge in [-0.2, -0.15) is 0 Å². The Labute approximate surface area is 189 Å². The lowest BCUT2D eigenvalue weighted by atomic mass is 10.2. The molecule has 2 rings (SSSR count). The van der Waals surface area contributed by atoms with Crippen molar-refractivity contribution in [2.45, 2.75) is 31.2 Å². The maximum Gasteiger partial charge on any atom is 0.328 e. The highest BCUT2D eigenvalue weighted by Gasteiger charge is 2.18. The van der Waals surface area contributed by atoms with E-state index >= 15 is 0 Å². The van der Waals surface area contributed by atoms with Crippen LogP contribution < -0.4 is 32.8 Å². The Bertz CT molecular complexity index is 1220. The van der Waals surface area contributed by atoms with E-state index in [0.717, 1.165) is 6.20 Å². The summed E-state index contributed by atoms with van der Waals surface area (Å²) in [4.78, 5) is 54.1. The van der Waals surface area contributed by atoms with E-state index in [-0.39, 0.29) is 18.9 Å². The van der Waals surface area contributed by atoms with E-state index in [2.05, 4.69) is 20.0 Å². The fourth-order valence-electron chi connectivity index (χ4n) is 2.81. The molecule has 1 aromatic heterocycles. The van der Waals surface area contributed by atoms with Crippen molar-refractivity contribution in [3.63, 3.8) is 0 Å². The summed E-state index contributed by atoms with van der Waals surface area (Å²) in [6, 6.07) is 7.40. The van der Waals surface area contributed by atoms with Gasteiger partial charge in [-0.1, -0.05) is 30.3 Å². The molecule has 178 valence electrons. The van der Waals surface area contributed by atoms with E-state index in [4.69, 9.17) is 11.5 Å². The quantitative estimate of drug-likeness (QED) is 0.101. The normalized spacial score (nSPS) is 11.9. The van der Waals surface area contributed by atoms with Crippen molar-refractivity contribution in [2.75, 3.05) is 11.3 Å². The fraction of sp³-hybridized carbons (Fsp3) is 0.316. The molecule has 1 atom stereocenters. The Morgan fingerprint density at radius 1 is 1.21 bits per heavy atom. The molecule has 14 heteroatoms. The number of aromatic amines is 1. The molecule has 0 saturated heterocycles. The number of guanidine groups is 1. The Balaban J connectivity index is 2.08. The molecule has 0 spiro atoms. The first kappa shape index (κ1) is 25.3. The maximum atomic E-state index is 12.6. The van der Waals surface area contributed by atoms with E-state index in [1.807, 2.05) is 0 Å². The summed E-state index contributed by atoms with van der Waals surface area (Å²) in [5.41, 5.74) is 8.55. The number of nitrogens with zero attached hydrogens (tertiary/aromatic N) is 2. The van der Waals surface area contributed by atoms with Crippen molar-refractivity contribution in [1.82, 2.24) is 14.9 Å². The predicted molar refractivity (Wildman–Crippen MR) is 122 cm³/mol. The van der Waals surface area contributed by atoms with Crippen molar-refractivity contribution < 1.29 is 18.0 Å². The summed E-state index contributed by atoms with van der Waals surface area (Å²) in [5.74, 6) is -1.28. The van der Waals surface area contributed by atoms with Gasteiger partial charge in [-0.05, 0) is 18.4 Å². The zero-order chi connectivity index (χ0) is 24.4. The van der Waals surface area contributed by atoms with Gasteiger partial charge in [-0.3, -0.25) is 19.3 Å². The minimum absolute atomic E-state index is 0.0976. The molecule has 0 bridgehead atoms. The van der Waals surface area contributed by atoms with Crippen LogP contribution in [-0.2, 0) is 31.9 Å². The predicted octanol–water partition coefficient (Wildman–Crippen LogP) is -1.78. The minimum Gasteiger partial charge on any atom is -0.370 e. The highest BCUT2D eigenvalue weighted by Crippen LogP contribution is 2.08. The summed E-state index contributed by atoms with van der Waals surface area (Å²) < 4.78 is 27.4. The molecule has 2 aromatic rings. The Morgan fingerprint density at radius 2 is 1.91 bits per heavy atom. The molecule has 0 fully saturated rings. The third kappa shape index (κ3) is 8.25. The van der Waals surface area contributed by atoms with Gasteiger partial charge in [-0.25, -0.2) is 17.8 Å². The first-order valence-corrected chi connectivity index (χ1v) is 11.4. The number of nitrogens with one attached hydrogen (secondary N) is 3. The van der Waals surface area contributed by atoms with Gasteiger partial charge < -0.3 is 26.6 Å². The number of carbonyl (C=O) groups is 2. The number of nitrogens with two attached hydrogens (primary N) is 2. The van der Waals surface area contributed by atoms with Gasteiger partial charge in [0.2, 0.25) is 15.9 Å². The molecular weight excluding hydrogens is 454 g/mol. The highest BCUT2D eigenvalue weighted by atomic mass is 32.2. The monoisotopic (exact) mass is 479 g/mol. The molecule has 0 saturated carbocycles. The van der Waals surface area contributed by atoms with Crippen LogP contribution in [0.2, 0.25) is 0 Å². The molecule has 7 N–H and O–H groups in total. The molecule has 0 aliphatic carbocycles. The second-order valence-electron chi connectivity index (χ2n) is 7.00. The number of hydrogen-bond donors (Lipinski definition) is 5. The number of hydrogen-bond acceptors (Lipinski definition) is 7. The van der Waals surface area contributed by atoms with Crippen LogP contribution in [0.25, 0.3) is 0 Å². The van der Waals surface area contributed by atoms with Crippen LogP contribution in [0.4, 0.5) is 5.69 Å². The van der Waals surface area contributed by atoms with Gasteiger partial charge in [0.25, 0.3) is 5.56 Å². The molecule has 0 aliphatic heterocycles. The summed E-state index contributed by atoms with van der Waals surface area (Å²) in [6.07, 6.45) is 2.06. The maximum absolute atomic E-state index is 12.6. The van der Waals surface area contributed by atoms with Gasteiger partial charge in [0.15, 0.2) is 5.96 Å². The lowest BCUT2D eigenvalue weighted by molar-refractivity contribution is -0.124. The number of amides is 1. The van der Waals surface area contributed by atoms with E-state index < -0.39 is 51.2 Å². The van der Waals surface area contributed by atoms with Gasteiger partial charge in [-0.15, -0.1) is 0 Å². The first-order chi connectivity index (χ1) is 15.6. The summed E-state index contributed by atoms with van der Waals surface area (Å²) in [7, 11) is -3.97. The molecule has 1 amide bonds. The number of sulfonamides is 1. The van der Waals surface area contributed by atoms with Crippen molar-refractivity contribution in [3.05, 3.63) is 62.9 Å². The average molecular weight is 480 g/mol. The van der Waals surface area contributed by atoms with Gasteiger partial charge in [0, 0.05) is 12.7 Å². The summed E-state index contributed by atoms with van der Waals surface area (Å²) >= 11 is 0. The number of aliphatic imine (C=N–C) groups is 1. The van der Waals surface area contributed by atoms with Crippen LogP contribution in [0, 0.1) is 0 Å². The zero-order valence-electron chi connectivity index (χ0n) is 17.6. The molecule has 1 heterocycles. The number of aromatic nitrogens is 2. The fourth-order valence-corrected chi connectivity index (χ4v) is 4.00. The minimum atomic E-state index is -3.97. The van der Waals surface area contributed by atoms with Crippen molar-refractivity contribution in [3.8, 4) is 0 Å². The third-order valence-electron chi connectivity index (χ3n) is 4.31. The lowest BCUT2D eigenvalue weighted by Gasteiger charge is -2.13. The van der Waals surface area contributed by atoms with Crippen molar-refractivity contribution >= 4 is 33.9 Å². The van der Waals surface area contributed by atoms with E-state index in [9.17, 15) is 27.6 Å². The highest BCUT2D eigenvalue weighted by molar-refractivity contribution is 7.91. The number of anilines is 1. The number of aldehydes is 1. The standard InChI is InChI=1S/C19H25N7O6S/c20-18(21)22-8-4-7-14(11-27)24-16(28)10-26-17(29)15(9-23-19(26)30)25-33(31,32)12-13-5-2-1-3-6-13/h1-3,5-6,9,11,14,25H,4,7-8,10,12H2,(H,23,30)(H,24,28)(H4,20,21,22). The van der Waals surface area contributed by atoms with Crippen LogP contribution in [0.1, 0.15) is 18.4 Å². The summed E-state index contributed by atoms with van der Waals surface area (Å²) in [6.45, 7) is -0.465. The SMILES string of the molecule is NC(N)=NCCCC(C=O)NC(=O)Cn1c(=O)[nH]cc(NS(=O)(=O)Cc2ccccc2)c1=O. The zero-order valence-corrected chi connectivity index (χ0v) is 18.4. The van der Waals surface area contributed by atoms with Crippen LogP contribution in [-0.4, -0.2) is 48.7 Å². The smallest absolute Gasteiger partial charge is 0.328 e. The number of H-pyrrole nitrogens is 1. The average Bonchev–Trinajstić information content (AvgIpc) is 2.75. The number of rotatable bonds is 12. The van der Waals surface area contributed by atoms with Crippen LogP contribution in [0.5, 0.6) is 0 Å². The Morgan fingerprint density at radius 3 is 2.55 bits per heavy atom. The molecule has 1 aromatic carbocycles. The van der Waals surface area contributed by atoms with E-state index in [1.54, 1.807) is 30.3 Å². The van der Waals surface area contributed by atoms with Gasteiger partial charge in [0.05, 0.1) is 11.8 Å². The molecule has 0 radical (unpaired) electrons. The lowest BCUT2D eigenvalue weighted by Crippen LogP contribution is -2.44. The number of carbonyl (C=O) groups excluding carboxylic acids is 2. The van der Waals surface area contributed by atoms with Gasteiger partial charge in [0.1, 0.15) is 18.5 Å². The third-order valence-corrected chi connectivity index (χ3v) is 5.55. The molecule has 0 aliphatic rings. The molecule has 13 nitrogen and oxygen atoms in total. The topological polar surface area (TPSA) is 212 Å². The van der Waals surface area contributed by atoms with Gasteiger partial charge >= 0.3 is 5.69 Å².